The lowest BCUT2D eigenvalue weighted by Crippen LogP contribution is -2.31. The van der Waals surface area contributed by atoms with Gasteiger partial charge >= 0.3 is 0 Å². The summed E-state index contributed by atoms with van der Waals surface area (Å²) in [6.45, 7) is 2.07. The molecule has 1 amide bonds. The maximum atomic E-state index is 12.6. The van der Waals surface area contributed by atoms with Gasteiger partial charge in [0.15, 0.2) is 0 Å². The summed E-state index contributed by atoms with van der Waals surface area (Å²) in [5.41, 5.74) is 2.24. The van der Waals surface area contributed by atoms with Crippen molar-refractivity contribution >= 4 is 54.6 Å². The van der Waals surface area contributed by atoms with Gasteiger partial charge in [-0.2, -0.15) is 0 Å². The van der Waals surface area contributed by atoms with Crippen molar-refractivity contribution in [3.63, 3.8) is 0 Å². The molecule has 2 N–H and O–H groups in total. The molecule has 3 rings (SSSR count). The van der Waals surface area contributed by atoms with Crippen molar-refractivity contribution in [1.82, 2.24) is 0 Å². The van der Waals surface area contributed by atoms with Crippen LogP contribution in [0.1, 0.15) is 18.4 Å². The first-order valence-electron chi connectivity index (χ1n) is 10.7. The molecule has 0 unspecified atom stereocenters. The quantitative estimate of drug-likeness (QED) is 0.393. The SMILES string of the molecule is Cc1ccc(N(CCCC(=O)Nc2ccc(S(=O)(=O)Nc3ccccc3Cl)cc2)S(C)(=O)=O)cc1. The highest BCUT2D eigenvalue weighted by atomic mass is 35.5. The van der Waals surface area contributed by atoms with Crippen LogP contribution >= 0.6 is 11.6 Å². The van der Waals surface area contributed by atoms with Gasteiger partial charge in [-0.3, -0.25) is 13.8 Å². The number of nitrogens with one attached hydrogen (secondary N) is 2. The van der Waals surface area contributed by atoms with Crippen LogP contribution in [-0.2, 0) is 24.8 Å². The molecule has 3 aromatic rings. The second-order valence-electron chi connectivity index (χ2n) is 7.93. The fraction of sp³-hybridized carbons (Fsp3) is 0.208. The average molecular weight is 536 g/mol. The van der Waals surface area contributed by atoms with E-state index in [1.165, 1.54) is 28.6 Å². The van der Waals surface area contributed by atoms with Crippen LogP contribution in [0.2, 0.25) is 5.02 Å². The largest absolute Gasteiger partial charge is 0.326 e. The number of hydrogen-bond acceptors (Lipinski definition) is 5. The first kappa shape index (κ1) is 26.5. The lowest BCUT2D eigenvalue weighted by molar-refractivity contribution is -0.116. The molecular weight excluding hydrogens is 510 g/mol. The van der Waals surface area contributed by atoms with E-state index in [1.54, 1.807) is 36.4 Å². The van der Waals surface area contributed by atoms with E-state index >= 15 is 0 Å². The number of anilines is 3. The molecule has 8 nitrogen and oxygen atoms in total. The lowest BCUT2D eigenvalue weighted by Gasteiger charge is -2.22. The Morgan fingerprint density at radius 3 is 2.14 bits per heavy atom. The molecule has 0 aliphatic heterocycles. The predicted octanol–water partition coefficient (Wildman–Crippen LogP) is 4.63. The second-order valence-corrected chi connectivity index (χ2v) is 11.9. The van der Waals surface area contributed by atoms with Crippen molar-refractivity contribution in [1.29, 1.82) is 0 Å². The van der Waals surface area contributed by atoms with Crippen molar-refractivity contribution in [3.05, 3.63) is 83.4 Å². The van der Waals surface area contributed by atoms with E-state index in [4.69, 9.17) is 11.6 Å². The number of carbonyl (C=O) groups excluding carboxylic acids is 1. The van der Waals surface area contributed by atoms with Crippen LogP contribution in [0.15, 0.2) is 77.7 Å². The van der Waals surface area contributed by atoms with E-state index in [0.29, 0.717) is 17.8 Å². The molecule has 0 saturated carbocycles. The van der Waals surface area contributed by atoms with Crippen LogP contribution in [0.5, 0.6) is 0 Å². The Morgan fingerprint density at radius 2 is 1.54 bits per heavy atom. The molecule has 0 atom stereocenters. The van der Waals surface area contributed by atoms with Gasteiger partial charge in [0.1, 0.15) is 0 Å². The minimum Gasteiger partial charge on any atom is -0.326 e. The summed E-state index contributed by atoms with van der Waals surface area (Å²) in [7, 11) is -7.36. The molecule has 11 heteroatoms. The minimum absolute atomic E-state index is 0.0114. The molecular formula is C24H26ClN3O5S2. The highest BCUT2D eigenvalue weighted by Gasteiger charge is 2.18. The molecule has 0 aliphatic carbocycles. The number of amides is 1. The van der Waals surface area contributed by atoms with Crippen LogP contribution in [0, 0.1) is 6.92 Å². The third-order valence-electron chi connectivity index (χ3n) is 5.05. The topological polar surface area (TPSA) is 113 Å². The number of rotatable bonds is 10. The van der Waals surface area contributed by atoms with Crippen molar-refractivity contribution in [2.24, 2.45) is 0 Å². The third-order valence-corrected chi connectivity index (χ3v) is 7.96. The molecule has 186 valence electrons. The summed E-state index contributed by atoms with van der Waals surface area (Å²) in [5, 5.41) is 2.97. The molecule has 0 bridgehead atoms. The molecule has 0 fully saturated rings. The van der Waals surface area contributed by atoms with Gasteiger partial charge < -0.3 is 5.32 Å². The van der Waals surface area contributed by atoms with Gasteiger partial charge in [-0.1, -0.05) is 41.4 Å². The normalized spacial score (nSPS) is 11.6. The molecule has 0 saturated heterocycles. The molecule has 35 heavy (non-hydrogen) atoms. The van der Waals surface area contributed by atoms with Gasteiger partial charge in [0.25, 0.3) is 10.0 Å². The van der Waals surface area contributed by atoms with Crippen LogP contribution in [0.25, 0.3) is 0 Å². The van der Waals surface area contributed by atoms with Gasteiger partial charge in [0, 0.05) is 18.7 Å². The molecule has 0 spiro atoms. The molecule has 0 aromatic heterocycles. The van der Waals surface area contributed by atoms with E-state index in [0.717, 1.165) is 11.8 Å². The van der Waals surface area contributed by atoms with E-state index in [9.17, 15) is 21.6 Å². The first-order valence-corrected chi connectivity index (χ1v) is 14.4. The Balaban J connectivity index is 1.57. The average Bonchev–Trinajstić information content (AvgIpc) is 2.78. The highest BCUT2D eigenvalue weighted by Crippen LogP contribution is 2.25. The Bertz CT molecular complexity index is 1390. The number of nitrogens with zero attached hydrogens (tertiary/aromatic N) is 1. The van der Waals surface area contributed by atoms with Crippen LogP contribution in [0.4, 0.5) is 17.1 Å². The third kappa shape index (κ3) is 7.45. The van der Waals surface area contributed by atoms with E-state index in [-0.39, 0.29) is 34.5 Å². The van der Waals surface area contributed by atoms with Crippen molar-refractivity contribution < 1.29 is 21.6 Å². The van der Waals surface area contributed by atoms with E-state index < -0.39 is 20.0 Å². The van der Waals surface area contributed by atoms with Gasteiger partial charge in [0.05, 0.1) is 27.5 Å². The van der Waals surface area contributed by atoms with Crippen molar-refractivity contribution in [2.45, 2.75) is 24.7 Å². The fourth-order valence-corrected chi connectivity index (χ4v) is 5.55. The second kappa shape index (κ2) is 11.1. The highest BCUT2D eigenvalue weighted by molar-refractivity contribution is 7.92. The molecule has 0 aliphatic rings. The van der Waals surface area contributed by atoms with Gasteiger partial charge in [-0.25, -0.2) is 16.8 Å². The summed E-state index contributed by atoms with van der Waals surface area (Å²) in [6.07, 6.45) is 1.52. The number of carbonyl (C=O) groups is 1. The van der Waals surface area contributed by atoms with Gasteiger partial charge in [0.2, 0.25) is 15.9 Å². The summed E-state index contributed by atoms with van der Waals surface area (Å²) in [6, 6.07) is 19.3. The number of hydrogen-bond donors (Lipinski definition) is 2. The number of halogens is 1. The smallest absolute Gasteiger partial charge is 0.261 e. The minimum atomic E-state index is -3.86. The Morgan fingerprint density at radius 1 is 0.914 bits per heavy atom. The zero-order valence-electron chi connectivity index (χ0n) is 19.2. The summed E-state index contributed by atoms with van der Waals surface area (Å²) < 4.78 is 53.3. The van der Waals surface area contributed by atoms with Gasteiger partial charge in [-0.05, 0) is 61.9 Å². The van der Waals surface area contributed by atoms with Crippen LogP contribution < -0.4 is 14.3 Å². The maximum absolute atomic E-state index is 12.6. The predicted molar refractivity (Wildman–Crippen MR) is 140 cm³/mol. The number of aryl methyl sites for hydroxylation is 1. The zero-order valence-corrected chi connectivity index (χ0v) is 21.6. The summed E-state index contributed by atoms with van der Waals surface area (Å²) in [5.74, 6) is -0.313. The zero-order chi connectivity index (χ0) is 25.6. The Labute approximate surface area is 211 Å². The van der Waals surface area contributed by atoms with Crippen molar-refractivity contribution in [2.75, 3.05) is 27.1 Å². The van der Waals surface area contributed by atoms with Crippen LogP contribution in [-0.4, -0.2) is 35.5 Å². The Kier molecular flexibility index (Phi) is 8.42. The summed E-state index contributed by atoms with van der Waals surface area (Å²) >= 11 is 6.02. The number of para-hydroxylation sites is 1. The fourth-order valence-electron chi connectivity index (χ4n) is 3.27. The van der Waals surface area contributed by atoms with Crippen molar-refractivity contribution in [3.8, 4) is 0 Å². The van der Waals surface area contributed by atoms with E-state index in [1.807, 2.05) is 19.1 Å². The monoisotopic (exact) mass is 535 g/mol. The van der Waals surface area contributed by atoms with Gasteiger partial charge in [-0.15, -0.1) is 0 Å². The molecule has 3 aromatic carbocycles. The molecule has 0 heterocycles. The first-order chi connectivity index (χ1) is 16.5. The van der Waals surface area contributed by atoms with Crippen LogP contribution in [0.3, 0.4) is 0 Å². The van der Waals surface area contributed by atoms with E-state index in [2.05, 4.69) is 10.0 Å². The lowest BCUT2D eigenvalue weighted by atomic mass is 10.2. The number of benzene rings is 3. The summed E-state index contributed by atoms with van der Waals surface area (Å²) in [4.78, 5) is 12.4. The Hall–Kier alpha value is -3.08. The number of sulfonamides is 2. The standard InChI is InChI=1S/C24H26ClN3O5S2/c1-18-9-13-20(14-10-18)28(34(2,30)31)17-5-8-24(29)26-19-11-15-21(16-12-19)35(32,33)27-23-7-4-3-6-22(23)25/h3-4,6-7,9-16,27H,5,8,17H2,1-2H3,(H,26,29). The molecule has 0 radical (unpaired) electrons. The maximum Gasteiger partial charge on any atom is 0.261 e.